The number of aromatic hydroxyl groups is 1. The van der Waals surface area contributed by atoms with Gasteiger partial charge in [-0.05, 0) is 85.0 Å². The highest BCUT2D eigenvalue weighted by molar-refractivity contribution is 5.82. The number of hydrogen-bond acceptors (Lipinski definition) is 5. The average molecular weight is 484 g/mol. The second kappa shape index (κ2) is 7.47. The van der Waals surface area contributed by atoms with Crippen molar-refractivity contribution in [2.45, 2.75) is 74.4 Å². The van der Waals surface area contributed by atoms with Crippen LogP contribution in [0.2, 0.25) is 0 Å². The van der Waals surface area contributed by atoms with Crippen molar-refractivity contribution < 1.29 is 19.7 Å². The van der Waals surface area contributed by atoms with Gasteiger partial charge >= 0.3 is 0 Å². The Morgan fingerprint density at radius 2 is 1.86 bits per heavy atom. The molecule has 3 aromatic carbocycles. The number of nitrogens with zero attached hydrogens (tertiary/aromatic N) is 1. The predicted molar refractivity (Wildman–Crippen MR) is 137 cm³/mol. The number of aliphatic hydroxyl groups is 1. The van der Waals surface area contributed by atoms with Crippen LogP contribution in [0.15, 0.2) is 54.6 Å². The van der Waals surface area contributed by atoms with E-state index in [1.54, 1.807) is 6.07 Å². The Bertz CT molecular complexity index is 1370. The molecule has 2 bridgehead atoms. The molecule has 3 fully saturated rings. The minimum absolute atomic E-state index is 0.0994. The van der Waals surface area contributed by atoms with E-state index in [1.165, 1.54) is 29.2 Å². The van der Waals surface area contributed by atoms with E-state index in [9.17, 15) is 10.2 Å². The van der Waals surface area contributed by atoms with Gasteiger partial charge in [-0.3, -0.25) is 4.90 Å². The molecule has 2 N–H and O–H groups in total. The summed E-state index contributed by atoms with van der Waals surface area (Å²) in [6.07, 6.45) is 5.34. The summed E-state index contributed by atoms with van der Waals surface area (Å²) in [5, 5.41) is 25.8. The van der Waals surface area contributed by atoms with Gasteiger partial charge in [-0.15, -0.1) is 0 Å². The molecule has 1 saturated heterocycles. The van der Waals surface area contributed by atoms with Gasteiger partial charge in [-0.2, -0.15) is 0 Å². The summed E-state index contributed by atoms with van der Waals surface area (Å²) >= 11 is 0. The van der Waals surface area contributed by atoms with Gasteiger partial charge in [0.1, 0.15) is 6.10 Å². The molecule has 5 heteroatoms. The summed E-state index contributed by atoms with van der Waals surface area (Å²) in [6, 6.07) is 18.8. The van der Waals surface area contributed by atoms with E-state index in [4.69, 9.17) is 9.47 Å². The van der Waals surface area contributed by atoms with E-state index >= 15 is 0 Å². The summed E-state index contributed by atoms with van der Waals surface area (Å²) in [7, 11) is 0. The SMILES string of the molecule is Oc1ccc2c3c1O[C@H]1[C@H](OCc4ccc5ccccc5c4)CC[C@@]4(O)[C@@H](C2)N(CC2CC2)CC[C@]314. The minimum atomic E-state index is -0.861. The van der Waals surface area contributed by atoms with Gasteiger partial charge < -0.3 is 19.7 Å². The lowest BCUT2D eigenvalue weighted by Crippen LogP contribution is -2.77. The van der Waals surface area contributed by atoms with E-state index in [0.717, 1.165) is 49.4 Å². The molecule has 36 heavy (non-hydrogen) atoms. The second-order valence-electron chi connectivity index (χ2n) is 11.9. The second-order valence-corrected chi connectivity index (χ2v) is 11.9. The fourth-order valence-electron chi connectivity index (χ4n) is 8.14. The van der Waals surface area contributed by atoms with Crippen molar-refractivity contribution in [3.63, 3.8) is 0 Å². The van der Waals surface area contributed by atoms with Gasteiger partial charge in [0.05, 0.1) is 23.7 Å². The quantitative estimate of drug-likeness (QED) is 0.551. The summed E-state index contributed by atoms with van der Waals surface area (Å²) in [5.41, 5.74) is 2.06. The van der Waals surface area contributed by atoms with Crippen LogP contribution >= 0.6 is 0 Å². The molecule has 3 aliphatic carbocycles. The number of piperidine rings is 1. The number of ether oxygens (including phenoxy) is 2. The number of fused-ring (bicyclic) bond motifs is 1. The monoisotopic (exact) mass is 483 g/mol. The maximum absolute atomic E-state index is 12.6. The number of benzene rings is 3. The van der Waals surface area contributed by atoms with Crippen molar-refractivity contribution >= 4 is 10.8 Å². The number of hydrogen-bond donors (Lipinski definition) is 2. The van der Waals surface area contributed by atoms with Crippen LogP contribution in [0.5, 0.6) is 11.5 Å². The molecule has 3 aromatic rings. The van der Waals surface area contributed by atoms with Crippen LogP contribution in [0.1, 0.15) is 48.8 Å². The molecule has 8 rings (SSSR count). The molecule has 0 aromatic heterocycles. The molecular formula is C31H33NO4. The van der Waals surface area contributed by atoms with Crippen LogP contribution in [0, 0.1) is 5.92 Å². The summed E-state index contributed by atoms with van der Waals surface area (Å²) in [5.74, 6) is 1.56. The van der Waals surface area contributed by atoms with Crippen LogP contribution in [0.3, 0.4) is 0 Å². The fourth-order valence-corrected chi connectivity index (χ4v) is 8.14. The summed E-state index contributed by atoms with van der Waals surface area (Å²) < 4.78 is 13.2. The molecule has 2 heterocycles. The van der Waals surface area contributed by atoms with Crippen molar-refractivity contribution in [3.8, 4) is 11.5 Å². The highest BCUT2D eigenvalue weighted by Crippen LogP contribution is 2.65. The fraction of sp³-hybridized carbons (Fsp3) is 0.484. The molecule has 186 valence electrons. The van der Waals surface area contributed by atoms with Crippen molar-refractivity contribution in [2.75, 3.05) is 13.1 Å². The first-order chi connectivity index (χ1) is 17.6. The normalized spacial score (nSPS) is 34.4. The first-order valence-corrected chi connectivity index (χ1v) is 13.6. The third-order valence-electron chi connectivity index (χ3n) is 9.99. The van der Waals surface area contributed by atoms with Gasteiger partial charge in [0.25, 0.3) is 0 Å². The highest BCUT2D eigenvalue weighted by Gasteiger charge is 2.73. The molecule has 0 radical (unpaired) electrons. The number of rotatable bonds is 5. The number of phenols is 1. The summed E-state index contributed by atoms with van der Waals surface area (Å²) in [4.78, 5) is 2.57. The molecule has 0 unspecified atom stereocenters. The lowest BCUT2D eigenvalue weighted by Gasteiger charge is -2.64. The Morgan fingerprint density at radius 1 is 1.00 bits per heavy atom. The Balaban J connectivity index is 1.15. The van der Waals surface area contributed by atoms with Gasteiger partial charge in [0, 0.05) is 18.2 Å². The predicted octanol–water partition coefficient (Wildman–Crippen LogP) is 4.69. The van der Waals surface area contributed by atoms with Gasteiger partial charge in [0.15, 0.2) is 11.5 Å². The van der Waals surface area contributed by atoms with Gasteiger partial charge in [-0.25, -0.2) is 0 Å². The summed E-state index contributed by atoms with van der Waals surface area (Å²) in [6.45, 7) is 2.57. The highest BCUT2D eigenvalue weighted by atomic mass is 16.6. The number of likely N-dealkylation sites (tertiary alicyclic amines) is 1. The molecule has 5 nitrogen and oxygen atoms in total. The Kier molecular flexibility index (Phi) is 4.46. The van der Waals surface area contributed by atoms with Crippen LogP contribution in [-0.2, 0) is 23.2 Å². The zero-order chi connectivity index (χ0) is 24.1. The van der Waals surface area contributed by atoms with E-state index in [2.05, 4.69) is 53.4 Å². The zero-order valence-electron chi connectivity index (χ0n) is 20.5. The van der Waals surface area contributed by atoms with Crippen LogP contribution < -0.4 is 4.74 Å². The van der Waals surface area contributed by atoms with Crippen molar-refractivity contribution in [1.29, 1.82) is 0 Å². The third-order valence-corrected chi connectivity index (χ3v) is 9.99. The lowest BCUT2D eigenvalue weighted by molar-refractivity contribution is -0.217. The van der Waals surface area contributed by atoms with Crippen LogP contribution in [0.25, 0.3) is 10.8 Å². The molecule has 2 aliphatic heterocycles. The van der Waals surface area contributed by atoms with E-state index in [-0.39, 0.29) is 24.0 Å². The van der Waals surface area contributed by atoms with Gasteiger partial charge in [0.2, 0.25) is 0 Å². The maximum Gasteiger partial charge on any atom is 0.165 e. The van der Waals surface area contributed by atoms with Crippen molar-refractivity contribution in [2.24, 2.45) is 5.92 Å². The molecule has 1 spiro atoms. The third kappa shape index (κ3) is 2.82. The van der Waals surface area contributed by atoms with Gasteiger partial charge in [-0.1, -0.05) is 42.5 Å². The molecule has 0 amide bonds. The van der Waals surface area contributed by atoms with E-state index in [1.807, 2.05) is 0 Å². The van der Waals surface area contributed by atoms with E-state index < -0.39 is 11.0 Å². The largest absolute Gasteiger partial charge is 0.504 e. The molecule has 5 atom stereocenters. The first-order valence-electron chi connectivity index (χ1n) is 13.6. The van der Waals surface area contributed by atoms with Crippen molar-refractivity contribution in [1.82, 2.24) is 4.90 Å². The molecular weight excluding hydrogens is 450 g/mol. The Labute approximate surface area is 211 Å². The van der Waals surface area contributed by atoms with E-state index in [0.29, 0.717) is 18.8 Å². The Morgan fingerprint density at radius 3 is 2.72 bits per heavy atom. The lowest BCUT2D eigenvalue weighted by atomic mass is 9.48. The minimum Gasteiger partial charge on any atom is -0.504 e. The standard InChI is InChI=1S/C31H33NO4/c33-24-10-9-23-16-26-31(34)12-11-25(35-18-20-7-8-21-3-1-2-4-22(21)15-20)29-30(31,27(23)28(24)36-29)13-14-32(26)17-19-5-6-19/h1-4,7-10,15,19,25-26,29,33-34H,5-6,11-14,16-18H2/t25-,26-,29+,30+,31-/m1/s1. The van der Waals surface area contributed by atoms with Crippen LogP contribution in [-0.4, -0.2) is 52.1 Å². The smallest absolute Gasteiger partial charge is 0.165 e. The van der Waals surface area contributed by atoms with Crippen LogP contribution in [0.4, 0.5) is 0 Å². The number of phenolic OH excluding ortho intramolecular Hbond substituents is 1. The Hall–Kier alpha value is -2.60. The van der Waals surface area contributed by atoms with Crippen molar-refractivity contribution in [3.05, 3.63) is 71.3 Å². The average Bonchev–Trinajstić information content (AvgIpc) is 3.63. The molecule has 5 aliphatic rings. The first kappa shape index (κ1) is 21.5. The topological polar surface area (TPSA) is 62.2 Å². The maximum atomic E-state index is 12.6. The zero-order valence-corrected chi connectivity index (χ0v) is 20.5. The molecule has 2 saturated carbocycles.